The molecule has 1 aromatic rings. The highest BCUT2D eigenvalue weighted by molar-refractivity contribution is 5.84. The number of nitrogens with one attached hydrogen (secondary N) is 1. The molecule has 0 spiro atoms. The van der Waals surface area contributed by atoms with Crippen molar-refractivity contribution in [2.24, 2.45) is 17.3 Å². The zero-order valence-corrected chi connectivity index (χ0v) is 11.9. The lowest BCUT2D eigenvalue weighted by Crippen LogP contribution is -2.49. The predicted molar refractivity (Wildman–Crippen MR) is 76.4 cm³/mol. The van der Waals surface area contributed by atoms with E-state index in [1.54, 1.807) is 0 Å². The summed E-state index contributed by atoms with van der Waals surface area (Å²) >= 11 is 0. The van der Waals surface area contributed by atoms with E-state index in [0.29, 0.717) is 11.8 Å². The SMILES string of the molecule is CC1(CNC(=O)C2C3CCc4ccccc4C32)COC1. The molecule has 0 radical (unpaired) electrons. The molecule has 0 aromatic heterocycles. The van der Waals surface area contributed by atoms with Crippen molar-refractivity contribution in [3.63, 3.8) is 0 Å². The van der Waals surface area contributed by atoms with Gasteiger partial charge in [-0.3, -0.25) is 4.79 Å². The molecule has 3 unspecified atom stereocenters. The molecule has 1 heterocycles. The van der Waals surface area contributed by atoms with E-state index in [1.165, 1.54) is 17.5 Å². The number of benzene rings is 1. The second-order valence-electron chi connectivity index (χ2n) is 6.97. The summed E-state index contributed by atoms with van der Waals surface area (Å²) in [6, 6.07) is 8.63. The fourth-order valence-corrected chi connectivity index (χ4v) is 3.89. The minimum Gasteiger partial charge on any atom is -0.380 e. The Labute approximate surface area is 119 Å². The van der Waals surface area contributed by atoms with Crippen molar-refractivity contribution >= 4 is 5.91 Å². The van der Waals surface area contributed by atoms with Crippen LogP contribution in [0.1, 0.15) is 30.4 Å². The molecule has 1 aromatic carbocycles. The van der Waals surface area contributed by atoms with Gasteiger partial charge in [0, 0.05) is 17.9 Å². The molecule has 3 nitrogen and oxygen atoms in total. The van der Waals surface area contributed by atoms with Crippen LogP contribution in [0.2, 0.25) is 0 Å². The van der Waals surface area contributed by atoms with Crippen LogP contribution in [-0.4, -0.2) is 25.7 Å². The summed E-state index contributed by atoms with van der Waals surface area (Å²) in [5.41, 5.74) is 3.03. The average molecular weight is 271 g/mol. The van der Waals surface area contributed by atoms with Crippen LogP contribution in [0.3, 0.4) is 0 Å². The average Bonchev–Trinajstić information content (AvgIpc) is 3.17. The number of carbonyl (C=O) groups excluding carboxylic acids is 1. The first-order valence-electron chi connectivity index (χ1n) is 7.61. The zero-order valence-electron chi connectivity index (χ0n) is 11.9. The highest BCUT2D eigenvalue weighted by Crippen LogP contribution is 2.59. The first kappa shape index (κ1) is 12.4. The maximum absolute atomic E-state index is 12.4. The molecule has 1 amide bonds. The van der Waals surface area contributed by atoms with Crippen LogP contribution in [0.15, 0.2) is 24.3 Å². The van der Waals surface area contributed by atoms with Gasteiger partial charge < -0.3 is 10.1 Å². The van der Waals surface area contributed by atoms with Gasteiger partial charge in [0.05, 0.1) is 13.2 Å². The number of amides is 1. The summed E-state index contributed by atoms with van der Waals surface area (Å²) < 4.78 is 5.24. The van der Waals surface area contributed by atoms with Crippen molar-refractivity contribution in [2.75, 3.05) is 19.8 Å². The maximum atomic E-state index is 12.4. The minimum absolute atomic E-state index is 0.160. The smallest absolute Gasteiger partial charge is 0.224 e. The van der Waals surface area contributed by atoms with Crippen LogP contribution in [0, 0.1) is 17.3 Å². The fourth-order valence-electron chi connectivity index (χ4n) is 3.89. The van der Waals surface area contributed by atoms with Crippen LogP contribution in [0.5, 0.6) is 0 Å². The number of hydrogen-bond acceptors (Lipinski definition) is 2. The highest BCUT2D eigenvalue weighted by Gasteiger charge is 2.57. The molecule has 1 saturated heterocycles. The Morgan fingerprint density at radius 1 is 1.40 bits per heavy atom. The van der Waals surface area contributed by atoms with Gasteiger partial charge >= 0.3 is 0 Å². The molecule has 1 aliphatic heterocycles. The summed E-state index contributed by atoms with van der Waals surface area (Å²) in [7, 11) is 0. The molecular weight excluding hydrogens is 250 g/mol. The Morgan fingerprint density at radius 2 is 2.20 bits per heavy atom. The van der Waals surface area contributed by atoms with E-state index in [4.69, 9.17) is 4.74 Å². The molecule has 0 bridgehead atoms. The Morgan fingerprint density at radius 3 is 2.95 bits per heavy atom. The van der Waals surface area contributed by atoms with Crippen LogP contribution < -0.4 is 5.32 Å². The third-order valence-electron chi connectivity index (χ3n) is 5.22. The second-order valence-corrected chi connectivity index (χ2v) is 6.97. The second kappa shape index (κ2) is 4.32. The molecule has 4 rings (SSSR count). The van der Waals surface area contributed by atoms with Crippen LogP contribution >= 0.6 is 0 Å². The van der Waals surface area contributed by atoms with E-state index >= 15 is 0 Å². The van der Waals surface area contributed by atoms with E-state index < -0.39 is 0 Å². The number of ether oxygens (including phenoxy) is 1. The number of rotatable bonds is 3. The monoisotopic (exact) mass is 271 g/mol. The van der Waals surface area contributed by atoms with Crippen molar-refractivity contribution in [1.29, 1.82) is 0 Å². The van der Waals surface area contributed by atoms with E-state index in [2.05, 4.69) is 36.5 Å². The van der Waals surface area contributed by atoms with Gasteiger partial charge in [-0.2, -0.15) is 0 Å². The largest absolute Gasteiger partial charge is 0.380 e. The topological polar surface area (TPSA) is 38.3 Å². The lowest BCUT2D eigenvalue weighted by molar-refractivity contribution is -0.128. The van der Waals surface area contributed by atoms with Gasteiger partial charge in [-0.15, -0.1) is 0 Å². The molecule has 3 atom stereocenters. The van der Waals surface area contributed by atoms with Gasteiger partial charge in [-0.05, 0) is 35.8 Å². The predicted octanol–water partition coefficient (Wildman–Crippen LogP) is 2.12. The van der Waals surface area contributed by atoms with E-state index in [0.717, 1.165) is 26.2 Å². The van der Waals surface area contributed by atoms with Crippen LogP contribution in [0.4, 0.5) is 0 Å². The van der Waals surface area contributed by atoms with Crippen LogP contribution in [-0.2, 0) is 16.0 Å². The van der Waals surface area contributed by atoms with Crippen LogP contribution in [0.25, 0.3) is 0 Å². The molecule has 3 heteroatoms. The molecular formula is C17H21NO2. The Kier molecular flexibility index (Phi) is 2.68. The van der Waals surface area contributed by atoms with Gasteiger partial charge in [-0.1, -0.05) is 31.2 Å². The van der Waals surface area contributed by atoms with Crippen molar-refractivity contribution in [1.82, 2.24) is 5.32 Å². The third kappa shape index (κ3) is 1.87. The van der Waals surface area contributed by atoms with Crippen molar-refractivity contribution in [2.45, 2.75) is 25.7 Å². The van der Waals surface area contributed by atoms with Crippen molar-refractivity contribution in [3.05, 3.63) is 35.4 Å². The molecule has 1 N–H and O–H groups in total. The zero-order chi connectivity index (χ0) is 13.7. The Hall–Kier alpha value is -1.35. The summed E-state index contributed by atoms with van der Waals surface area (Å²) in [6.45, 7) is 4.47. The quantitative estimate of drug-likeness (QED) is 0.914. The highest BCUT2D eigenvalue weighted by atomic mass is 16.5. The molecule has 2 fully saturated rings. The van der Waals surface area contributed by atoms with Crippen molar-refractivity contribution < 1.29 is 9.53 Å². The number of hydrogen-bond donors (Lipinski definition) is 1. The molecule has 106 valence electrons. The van der Waals surface area contributed by atoms with E-state index in [1.807, 2.05) is 0 Å². The van der Waals surface area contributed by atoms with Gasteiger partial charge in [-0.25, -0.2) is 0 Å². The molecule has 20 heavy (non-hydrogen) atoms. The number of aryl methyl sites for hydroxylation is 1. The minimum atomic E-state index is 0.160. The summed E-state index contributed by atoms with van der Waals surface area (Å²) in [5, 5.41) is 3.16. The van der Waals surface area contributed by atoms with E-state index in [-0.39, 0.29) is 17.2 Å². The number of carbonyl (C=O) groups is 1. The summed E-state index contributed by atoms with van der Waals surface area (Å²) in [6.07, 6.45) is 2.30. The Bertz CT molecular complexity index is 550. The summed E-state index contributed by atoms with van der Waals surface area (Å²) in [5.74, 6) is 1.52. The first-order chi connectivity index (χ1) is 9.68. The maximum Gasteiger partial charge on any atom is 0.224 e. The fraction of sp³-hybridized carbons (Fsp3) is 0.588. The standard InChI is InChI=1S/C17H21NO2/c1-17(9-20-10-17)8-18-16(19)15-13-7-6-11-4-2-3-5-12(11)14(13)15/h2-5,13-15H,6-10H2,1H3,(H,18,19). The lowest BCUT2D eigenvalue weighted by Gasteiger charge is -2.38. The normalized spacial score (nSPS) is 32.5. The molecule has 3 aliphatic rings. The molecule has 1 saturated carbocycles. The van der Waals surface area contributed by atoms with Gasteiger partial charge in [0.2, 0.25) is 5.91 Å². The third-order valence-corrected chi connectivity index (χ3v) is 5.22. The Balaban J connectivity index is 1.43. The summed E-state index contributed by atoms with van der Waals surface area (Å²) in [4.78, 5) is 12.4. The van der Waals surface area contributed by atoms with Gasteiger partial charge in [0.25, 0.3) is 0 Å². The van der Waals surface area contributed by atoms with E-state index in [9.17, 15) is 4.79 Å². The first-order valence-corrected chi connectivity index (χ1v) is 7.61. The lowest BCUT2D eigenvalue weighted by atomic mass is 9.88. The van der Waals surface area contributed by atoms with Gasteiger partial charge in [0.1, 0.15) is 0 Å². The van der Waals surface area contributed by atoms with Gasteiger partial charge in [0.15, 0.2) is 0 Å². The van der Waals surface area contributed by atoms with Crippen molar-refractivity contribution in [3.8, 4) is 0 Å². The molecule has 2 aliphatic carbocycles. The number of fused-ring (bicyclic) bond motifs is 3.